The van der Waals surface area contributed by atoms with Gasteiger partial charge in [-0.3, -0.25) is 4.79 Å². The number of amides is 1. The highest BCUT2D eigenvalue weighted by molar-refractivity contribution is 7.89. The number of nitrogens with one attached hydrogen (secondary N) is 1. The molecule has 0 fully saturated rings. The molecular formula is C19H20N2O5S2. The Labute approximate surface area is 168 Å². The van der Waals surface area contributed by atoms with Gasteiger partial charge in [-0.2, -0.15) is 0 Å². The van der Waals surface area contributed by atoms with Crippen LogP contribution in [-0.2, 0) is 19.6 Å². The van der Waals surface area contributed by atoms with Crippen molar-refractivity contribution in [3.63, 3.8) is 0 Å². The van der Waals surface area contributed by atoms with Crippen LogP contribution in [0, 0.1) is 0 Å². The Morgan fingerprint density at radius 3 is 2.46 bits per heavy atom. The van der Waals surface area contributed by atoms with Crippen molar-refractivity contribution in [2.75, 3.05) is 12.9 Å². The molecular weight excluding hydrogens is 400 g/mol. The zero-order chi connectivity index (χ0) is 20.7. The first-order chi connectivity index (χ1) is 13.3. The van der Waals surface area contributed by atoms with E-state index in [2.05, 4.69) is 23.2 Å². The van der Waals surface area contributed by atoms with Crippen molar-refractivity contribution >= 4 is 33.2 Å². The molecule has 1 aromatic heterocycles. The molecule has 7 nitrogen and oxygen atoms in total. The summed E-state index contributed by atoms with van der Waals surface area (Å²) < 4.78 is 31.2. The molecule has 0 radical (unpaired) electrons. The summed E-state index contributed by atoms with van der Waals surface area (Å²) in [7, 11) is -2.97. The predicted molar refractivity (Wildman–Crippen MR) is 108 cm³/mol. The summed E-state index contributed by atoms with van der Waals surface area (Å²) >= 11 is 1.21. The number of benzene rings is 1. The Bertz CT molecular complexity index is 953. The van der Waals surface area contributed by atoms with Gasteiger partial charge in [-0.1, -0.05) is 49.1 Å². The average molecular weight is 421 g/mol. The van der Waals surface area contributed by atoms with E-state index in [1.807, 2.05) is 0 Å². The van der Waals surface area contributed by atoms with Gasteiger partial charge in [-0.25, -0.2) is 17.5 Å². The summed E-state index contributed by atoms with van der Waals surface area (Å²) in [6.45, 7) is 7.03. The molecule has 0 spiro atoms. The van der Waals surface area contributed by atoms with Crippen LogP contribution in [0.2, 0.25) is 0 Å². The van der Waals surface area contributed by atoms with Gasteiger partial charge < -0.3 is 10.1 Å². The van der Waals surface area contributed by atoms with Gasteiger partial charge in [0.2, 0.25) is 10.0 Å². The largest absolute Gasteiger partial charge is 0.464 e. The smallest absolute Gasteiger partial charge is 0.354 e. The first kappa shape index (κ1) is 21.4. The van der Waals surface area contributed by atoms with E-state index in [1.165, 1.54) is 17.4 Å². The van der Waals surface area contributed by atoms with Crippen LogP contribution >= 0.6 is 11.3 Å². The fourth-order valence-electron chi connectivity index (χ4n) is 2.44. The van der Waals surface area contributed by atoms with Crippen molar-refractivity contribution in [1.29, 1.82) is 0 Å². The number of sulfonamides is 1. The minimum atomic E-state index is -4.08. The number of nitrogens with zero attached hydrogens (tertiary/aromatic N) is 1. The van der Waals surface area contributed by atoms with Crippen LogP contribution < -0.4 is 5.32 Å². The van der Waals surface area contributed by atoms with Gasteiger partial charge in [0, 0.05) is 0 Å². The summed E-state index contributed by atoms with van der Waals surface area (Å²) in [5.41, 5.74) is 0.0229. The van der Waals surface area contributed by atoms with E-state index in [-0.39, 0.29) is 0 Å². The molecule has 0 aliphatic carbocycles. The minimum absolute atomic E-state index is 0.394. The molecule has 2 rings (SSSR count). The Morgan fingerprint density at radius 2 is 1.93 bits per heavy atom. The van der Waals surface area contributed by atoms with E-state index in [1.54, 1.807) is 47.8 Å². The van der Waals surface area contributed by atoms with E-state index in [0.717, 1.165) is 11.4 Å². The highest BCUT2D eigenvalue weighted by atomic mass is 32.2. The highest BCUT2D eigenvalue weighted by Crippen LogP contribution is 2.27. The minimum Gasteiger partial charge on any atom is -0.464 e. The lowest BCUT2D eigenvalue weighted by Gasteiger charge is -2.33. The molecule has 1 unspecified atom stereocenters. The fourth-order valence-corrected chi connectivity index (χ4v) is 4.43. The van der Waals surface area contributed by atoms with E-state index in [0.29, 0.717) is 10.4 Å². The lowest BCUT2D eigenvalue weighted by atomic mass is 10.1. The number of ether oxygens (including phenoxy) is 1. The molecule has 0 aliphatic heterocycles. The second kappa shape index (κ2) is 9.34. The fraction of sp³-hybridized carbons (Fsp3) is 0.158. The zero-order valence-corrected chi connectivity index (χ0v) is 16.8. The number of thiophene rings is 1. The van der Waals surface area contributed by atoms with E-state index >= 15 is 0 Å². The third kappa shape index (κ3) is 4.87. The third-order valence-corrected chi connectivity index (χ3v) is 6.23. The quantitative estimate of drug-likeness (QED) is 0.291. The normalized spacial score (nSPS) is 11.9. The maximum Gasteiger partial charge on any atom is 0.354 e. The van der Waals surface area contributed by atoms with Gasteiger partial charge in [0.25, 0.3) is 5.91 Å². The van der Waals surface area contributed by atoms with Crippen LogP contribution in [0.1, 0.15) is 21.4 Å². The van der Waals surface area contributed by atoms with Crippen molar-refractivity contribution in [2.24, 2.45) is 0 Å². The molecule has 0 aliphatic rings. The summed E-state index contributed by atoms with van der Waals surface area (Å²) in [4.78, 5) is 25.1. The van der Waals surface area contributed by atoms with Gasteiger partial charge in [0.1, 0.15) is 11.9 Å². The Hall–Kier alpha value is -2.91. The molecule has 28 heavy (non-hydrogen) atoms. The molecule has 148 valence electrons. The van der Waals surface area contributed by atoms with Crippen molar-refractivity contribution in [1.82, 2.24) is 9.62 Å². The summed E-state index contributed by atoms with van der Waals surface area (Å²) in [5, 5.41) is 4.40. The van der Waals surface area contributed by atoms with Crippen LogP contribution in [0.5, 0.6) is 0 Å². The monoisotopic (exact) mass is 420 g/mol. The molecule has 1 atom stereocenters. The maximum absolute atomic E-state index is 12.9. The van der Waals surface area contributed by atoms with Crippen LogP contribution in [0.25, 0.3) is 0 Å². The maximum atomic E-state index is 12.9. The van der Waals surface area contributed by atoms with Gasteiger partial charge in [0.05, 0.1) is 17.7 Å². The highest BCUT2D eigenvalue weighted by Gasteiger charge is 2.36. The first-order valence-corrected chi connectivity index (χ1v) is 10.6. The summed E-state index contributed by atoms with van der Waals surface area (Å²) in [6, 6.07) is 11.7. The molecule has 1 N–H and O–H groups in total. The summed E-state index contributed by atoms with van der Waals surface area (Å²) in [5.74, 6) is -1.87. The molecule has 0 bridgehead atoms. The van der Waals surface area contributed by atoms with Crippen molar-refractivity contribution in [2.45, 2.75) is 6.17 Å². The third-order valence-electron chi connectivity index (χ3n) is 3.68. The number of hydrogen-bond acceptors (Lipinski definition) is 6. The Morgan fingerprint density at radius 1 is 1.25 bits per heavy atom. The molecule has 9 heteroatoms. The number of carbonyl (C=O) groups excluding carboxylic acids is 2. The van der Waals surface area contributed by atoms with Gasteiger partial charge in [0.15, 0.2) is 0 Å². The molecule has 0 saturated carbocycles. The van der Waals surface area contributed by atoms with E-state index in [9.17, 15) is 18.0 Å². The van der Waals surface area contributed by atoms with Crippen LogP contribution in [0.15, 0.2) is 72.8 Å². The zero-order valence-electron chi connectivity index (χ0n) is 15.2. The number of hydrogen-bond donors (Lipinski definition) is 1. The predicted octanol–water partition coefficient (Wildman–Crippen LogP) is 2.68. The second-order valence-corrected chi connectivity index (χ2v) is 8.40. The van der Waals surface area contributed by atoms with Crippen molar-refractivity contribution < 1.29 is 22.7 Å². The van der Waals surface area contributed by atoms with Crippen molar-refractivity contribution in [3.8, 4) is 0 Å². The molecule has 1 aromatic carbocycles. The van der Waals surface area contributed by atoms with Crippen molar-refractivity contribution in [3.05, 3.63) is 83.2 Å². The second-order valence-electron chi connectivity index (χ2n) is 5.57. The number of methoxy groups -OCH3 is 1. The van der Waals surface area contributed by atoms with E-state index < -0.39 is 39.5 Å². The Balaban J connectivity index is 2.57. The topological polar surface area (TPSA) is 92.8 Å². The van der Waals surface area contributed by atoms with Crippen LogP contribution in [0.4, 0.5) is 0 Å². The van der Waals surface area contributed by atoms with E-state index in [4.69, 9.17) is 0 Å². The standard InChI is InChI=1S/C19H20N2O5S2/c1-4-13-28(24,25)21(14(2)19(23)26-3)17(15-9-6-5-7-10-15)20-18(22)16-11-8-12-27-16/h4-12,17H,1-2,13H2,3H3,(H,20,22). The van der Waals surface area contributed by atoms with Gasteiger partial charge in [-0.05, 0) is 17.0 Å². The number of rotatable bonds is 9. The van der Waals surface area contributed by atoms with Crippen LogP contribution in [-0.4, -0.2) is 37.5 Å². The van der Waals surface area contributed by atoms with Gasteiger partial charge >= 0.3 is 5.97 Å². The molecule has 1 heterocycles. The number of esters is 1. The molecule has 1 amide bonds. The Kier molecular flexibility index (Phi) is 7.13. The van der Waals surface area contributed by atoms with Gasteiger partial charge in [-0.15, -0.1) is 17.9 Å². The van der Waals surface area contributed by atoms with Crippen LogP contribution in [0.3, 0.4) is 0 Å². The lowest BCUT2D eigenvalue weighted by molar-refractivity contribution is -0.137. The lowest BCUT2D eigenvalue weighted by Crippen LogP contribution is -2.46. The molecule has 0 saturated heterocycles. The first-order valence-electron chi connectivity index (χ1n) is 8.11. The number of carbonyl (C=O) groups is 2. The average Bonchev–Trinajstić information content (AvgIpc) is 3.22. The molecule has 2 aromatic rings. The SMILES string of the molecule is C=CCS(=O)(=O)N(C(=C)C(=O)OC)C(NC(=O)c1cccs1)c1ccccc1. The summed E-state index contributed by atoms with van der Waals surface area (Å²) in [6.07, 6.45) is -0.0110.